The molecule has 0 saturated carbocycles. The third-order valence-corrected chi connectivity index (χ3v) is 3.00. The van der Waals surface area contributed by atoms with Gasteiger partial charge in [0.05, 0.1) is 11.2 Å². The lowest BCUT2D eigenvalue weighted by atomic mass is 10.2. The van der Waals surface area contributed by atoms with E-state index in [1.54, 1.807) is 6.20 Å². The Morgan fingerprint density at radius 3 is 2.67 bits per heavy atom. The molecule has 0 fully saturated rings. The Kier molecular flexibility index (Phi) is 3.75. The number of guanidine groups is 1. The summed E-state index contributed by atoms with van der Waals surface area (Å²) in [6.45, 7) is 0. The Bertz CT molecular complexity index is 768. The maximum absolute atomic E-state index is 5.53. The average molecular weight is 277 g/mol. The summed E-state index contributed by atoms with van der Waals surface area (Å²) in [5.74, 6) is 6.00. The van der Waals surface area contributed by atoms with Crippen molar-refractivity contribution in [2.75, 3.05) is 5.32 Å². The van der Waals surface area contributed by atoms with Gasteiger partial charge in [0.25, 0.3) is 0 Å². The number of pyridine rings is 1. The molecule has 4 N–H and O–H groups in total. The van der Waals surface area contributed by atoms with Crippen molar-refractivity contribution >= 4 is 28.2 Å². The molecule has 0 aliphatic carbocycles. The second-order valence-corrected chi connectivity index (χ2v) is 4.48. The van der Waals surface area contributed by atoms with Gasteiger partial charge in [-0.15, -0.1) is 0 Å². The predicted octanol–water partition coefficient (Wildman–Crippen LogP) is 2.80. The van der Waals surface area contributed by atoms with E-state index in [1.807, 2.05) is 60.7 Å². The van der Waals surface area contributed by atoms with Gasteiger partial charge in [-0.05, 0) is 36.4 Å². The Morgan fingerprint density at radius 1 is 1.00 bits per heavy atom. The number of benzene rings is 2. The summed E-state index contributed by atoms with van der Waals surface area (Å²) in [4.78, 5) is 8.70. The van der Waals surface area contributed by atoms with Gasteiger partial charge in [0.15, 0.2) is 0 Å². The highest BCUT2D eigenvalue weighted by Crippen LogP contribution is 2.17. The van der Waals surface area contributed by atoms with Crippen LogP contribution in [0.15, 0.2) is 71.9 Å². The molecule has 0 bridgehead atoms. The maximum Gasteiger partial charge on any atom is 0.215 e. The van der Waals surface area contributed by atoms with Gasteiger partial charge in [0, 0.05) is 17.3 Å². The van der Waals surface area contributed by atoms with E-state index in [2.05, 4.69) is 20.7 Å². The predicted molar refractivity (Wildman–Crippen MR) is 86.2 cm³/mol. The summed E-state index contributed by atoms with van der Waals surface area (Å²) in [5, 5.41) is 4.21. The quantitative estimate of drug-likeness (QED) is 0.291. The van der Waals surface area contributed by atoms with E-state index in [9.17, 15) is 0 Å². The number of rotatable bonds is 2. The zero-order valence-electron chi connectivity index (χ0n) is 11.3. The van der Waals surface area contributed by atoms with Crippen LogP contribution in [0.5, 0.6) is 0 Å². The van der Waals surface area contributed by atoms with Crippen LogP contribution in [0.3, 0.4) is 0 Å². The van der Waals surface area contributed by atoms with Crippen molar-refractivity contribution in [3.05, 3.63) is 66.9 Å². The Balaban J connectivity index is 1.87. The highest BCUT2D eigenvalue weighted by molar-refractivity contribution is 5.96. The van der Waals surface area contributed by atoms with Gasteiger partial charge in [0.1, 0.15) is 0 Å². The molecule has 3 rings (SSSR count). The summed E-state index contributed by atoms with van der Waals surface area (Å²) >= 11 is 0. The van der Waals surface area contributed by atoms with Crippen molar-refractivity contribution in [1.82, 2.24) is 10.4 Å². The molecule has 0 atom stereocenters. The normalized spacial score (nSPS) is 11.4. The van der Waals surface area contributed by atoms with Crippen LogP contribution in [0.1, 0.15) is 0 Å². The van der Waals surface area contributed by atoms with Crippen LogP contribution in [-0.2, 0) is 0 Å². The first-order chi connectivity index (χ1) is 10.3. The SMILES string of the molecule is NNC(=Nc1ccccc1)Nc1ccc2ncccc2c1. The third kappa shape index (κ3) is 3.16. The molecule has 0 radical (unpaired) electrons. The zero-order valence-corrected chi connectivity index (χ0v) is 11.3. The smallest absolute Gasteiger partial charge is 0.215 e. The molecule has 0 unspecified atom stereocenters. The number of nitrogens with one attached hydrogen (secondary N) is 2. The molecule has 0 aliphatic heterocycles. The fourth-order valence-electron chi connectivity index (χ4n) is 2.02. The molecule has 5 heteroatoms. The van der Waals surface area contributed by atoms with Gasteiger partial charge >= 0.3 is 0 Å². The van der Waals surface area contributed by atoms with Gasteiger partial charge in [0.2, 0.25) is 5.96 Å². The monoisotopic (exact) mass is 277 g/mol. The fraction of sp³-hybridized carbons (Fsp3) is 0. The van der Waals surface area contributed by atoms with E-state index in [0.717, 1.165) is 22.3 Å². The number of fused-ring (bicyclic) bond motifs is 1. The standard InChI is InChI=1S/C16H15N5/c17-21-16(19-13-6-2-1-3-7-13)20-14-8-9-15-12(11-14)5-4-10-18-15/h1-11H,17H2,(H2,19,20,21). The molecule has 2 aromatic carbocycles. The first-order valence-corrected chi connectivity index (χ1v) is 6.57. The van der Waals surface area contributed by atoms with Crippen LogP contribution in [0.25, 0.3) is 10.9 Å². The molecule has 0 aliphatic rings. The van der Waals surface area contributed by atoms with Gasteiger partial charge < -0.3 is 5.32 Å². The number of anilines is 1. The van der Waals surface area contributed by atoms with Crippen LogP contribution in [0.2, 0.25) is 0 Å². The van der Waals surface area contributed by atoms with Crippen LogP contribution < -0.4 is 16.6 Å². The molecule has 1 aromatic heterocycles. The minimum atomic E-state index is 0.476. The van der Waals surface area contributed by atoms with Crippen LogP contribution in [0, 0.1) is 0 Å². The lowest BCUT2D eigenvalue weighted by Crippen LogP contribution is -2.35. The van der Waals surface area contributed by atoms with Crippen LogP contribution >= 0.6 is 0 Å². The van der Waals surface area contributed by atoms with Gasteiger partial charge in [-0.3, -0.25) is 10.4 Å². The molecule has 104 valence electrons. The Morgan fingerprint density at radius 2 is 1.86 bits per heavy atom. The van der Waals surface area contributed by atoms with Gasteiger partial charge in [-0.25, -0.2) is 10.8 Å². The van der Waals surface area contributed by atoms with Crippen molar-refractivity contribution in [2.45, 2.75) is 0 Å². The van der Waals surface area contributed by atoms with E-state index in [-0.39, 0.29) is 0 Å². The lowest BCUT2D eigenvalue weighted by molar-refractivity contribution is 1.02. The number of aromatic nitrogens is 1. The van der Waals surface area contributed by atoms with Crippen LogP contribution in [0.4, 0.5) is 11.4 Å². The Hall–Kier alpha value is -2.92. The molecule has 5 nitrogen and oxygen atoms in total. The number of para-hydroxylation sites is 1. The largest absolute Gasteiger partial charge is 0.325 e. The van der Waals surface area contributed by atoms with E-state index >= 15 is 0 Å². The van der Waals surface area contributed by atoms with Crippen molar-refractivity contribution < 1.29 is 0 Å². The summed E-state index contributed by atoms with van der Waals surface area (Å²) in [5.41, 5.74) is 5.23. The van der Waals surface area contributed by atoms with Gasteiger partial charge in [-0.1, -0.05) is 24.3 Å². The summed E-state index contributed by atoms with van der Waals surface area (Å²) < 4.78 is 0. The molecule has 3 aromatic rings. The summed E-state index contributed by atoms with van der Waals surface area (Å²) in [6.07, 6.45) is 1.78. The van der Waals surface area contributed by atoms with Crippen molar-refractivity contribution in [3.63, 3.8) is 0 Å². The second-order valence-electron chi connectivity index (χ2n) is 4.48. The minimum Gasteiger partial charge on any atom is -0.325 e. The second kappa shape index (κ2) is 6.02. The molecule has 21 heavy (non-hydrogen) atoms. The topological polar surface area (TPSA) is 75.3 Å². The number of nitrogens with two attached hydrogens (primary N) is 1. The van der Waals surface area contributed by atoms with Crippen LogP contribution in [-0.4, -0.2) is 10.9 Å². The lowest BCUT2D eigenvalue weighted by Gasteiger charge is -2.09. The maximum atomic E-state index is 5.53. The molecule has 0 amide bonds. The van der Waals surface area contributed by atoms with E-state index < -0.39 is 0 Å². The average Bonchev–Trinajstić information content (AvgIpc) is 2.55. The molecular weight excluding hydrogens is 262 g/mol. The number of hydrogen-bond acceptors (Lipinski definition) is 3. The van der Waals surface area contributed by atoms with E-state index in [4.69, 9.17) is 5.84 Å². The highest BCUT2D eigenvalue weighted by atomic mass is 15.3. The van der Waals surface area contributed by atoms with Crippen molar-refractivity contribution in [3.8, 4) is 0 Å². The molecular formula is C16H15N5. The van der Waals surface area contributed by atoms with Crippen molar-refractivity contribution in [2.24, 2.45) is 10.8 Å². The van der Waals surface area contributed by atoms with E-state index in [0.29, 0.717) is 5.96 Å². The first-order valence-electron chi connectivity index (χ1n) is 6.57. The third-order valence-electron chi connectivity index (χ3n) is 3.00. The summed E-state index contributed by atoms with van der Waals surface area (Å²) in [7, 11) is 0. The highest BCUT2D eigenvalue weighted by Gasteiger charge is 2.00. The number of nitrogens with zero attached hydrogens (tertiary/aromatic N) is 2. The minimum absolute atomic E-state index is 0.476. The molecule has 0 saturated heterocycles. The van der Waals surface area contributed by atoms with Gasteiger partial charge in [-0.2, -0.15) is 0 Å². The molecule has 0 spiro atoms. The Labute approximate surface area is 122 Å². The number of hydrazine groups is 1. The number of hydrogen-bond donors (Lipinski definition) is 3. The fourth-order valence-corrected chi connectivity index (χ4v) is 2.02. The zero-order chi connectivity index (χ0) is 14.5. The summed E-state index contributed by atoms with van der Waals surface area (Å²) in [6, 6.07) is 19.4. The molecule has 1 heterocycles. The van der Waals surface area contributed by atoms with Crippen molar-refractivity contribution in [1.29, 1.82) is 0 Å². The first kappa shape index (κ1) is 13.1. The van der Waals surface area contributed by atoms with E-state index in [1.165, 1.54) is 0 Å². The number of aliphatic imine (C=N–C) groups is 1.